The molecule has 1 saturated heterocycles. The molecule has 1 aromatic carbocycles. The van der Waals surface area contributed by atoms with Gasteiger partial charge in [-0.05, 0) is 38.8 Å². The molecule has 0 bridgehead atoms. The molecule has 1 unspecified atom stereocenters. The van der Waals surface area contributed by atoms with E-state index in [1.54, 1.807) is 17.9 Å². The van der Waals surface area contributed by atoms with Crippen LogP contribution in [0.5, 0.6) is 5.75 Å². The molecular formula is C16H21F3N4O. The van der Waals surface area contributed by atoms with Crippen LogP contribution in [-0.2, 0) is 0 Å². The Kier molecular flexibility index (Phi) is 4.84. The fourth-order valence-corrected chi connectivity index (χ4v) is 3.09. The Hall–Kier alpha value is -1.96. The van der Waals surface area contributed by atoms with Gasteiger partial charge in [0.1, 0.15) is 11.6 Å². The van der Waals surface area contributed by atoms with E-state index >= 15 is 0 Å². The highest BCUT2D eigenvalue weighted by Gasteiger charge is 2.27. The van der Waals surface area contributed by atoms with E-state index in [-0.39, 0.29) is 17.1 Å². The quantitative estimate of drug-likeness (QED) is 0.876. The molecule has 132 valence electrons. The van der Waals surface area contributed by atoms with Gasteiger partial charge < -0.3 is 10.5 Å². The van der Waals surface area contributed by atoms with Crippen LogP contribution in [0.4, 0.5) is 19.0 Å². The van der Waals surface area contributed by atoms with Crippen molar-refractivity contribution >= 4 is 16.7 Å². The molecule has 2 aromatic rings. The Bertz CT molecular complexity index is 698. The third kappa shape index (κ3) is 3.43. The lowest BCUT2D eigenvalue weighted by Crippen LogP contribution is -2.44. The van der Waals surface area contributed by atoms with Crippen molar-refractivity contribution in [3.8, 4) is 5.75 Å². The standard InChI is InChI=1S/C16H21F3N4O/c1-9(15(18)19)23-4-2-10(3-5-23)8-24-11-6-12(17)14-13(7-11)21-22-16(14)20/h6-7,9-10,15H,2-5,8H2,1H3,(H3,20,21,22). The first-order valence-electron chi connectivity index (χ1n) is 8.03. The van der Waals surface area contributed by atoms with Gasteiger partial charge in [-0.1, -0.05) is 0 Å². The van der Waals surface area contributed by atoms with Crippen LogP contribution in [0.25, 0.3) is 10.9 Å². The summed E-state index contributed by atoms with van der Waals surface area (Å²) < 4.78 is 45.2. The molecule has 0 amide bonds. The van der Waals surface area contributed by atoms with Crippen molar-refractivity contribution in [2.45, 2.75) is 32.2 Å². The molecule has 0 saturated carbocycles. The second-order valence-corrected chi connectivity index (χ2v) is 6.30. The molecule has 24 heavy (non-hydrogen) atoms. The molecule has 3 N–H and O–H groups in total. The number of nitrogens with zero attached hydrogens (tertiary/aromatic N) is 2. The van der Waals surface area contributed by atoms with E-state index in [1.807, 2.05) is 0 Å². The number of aromatic amines is 1. The molecular weight excluding hydrogens is 321 g/mol. The number of piperidine rings is 1. The van der Waals surface area contributed by atoms with Gasteiger partial charge >= 0.3 is 0 Å². The molecule has 3 rings (SSSR count). The Morgan fingerprint density at radius 1 is 1.38 bits per heavy atom. The summed E-state index contributed by atoms with van der Waals surface area (Å²) in [5, 5.41) is 6.70. The molecule has 1 fully saturated rings. The monoisotopic (exact) mass is 342 g/mol. The van der Waals surface area contributed by atoms with Crippen molar-refractivity contribution in [1.29, 1.82) is 0 Å². The first-order chi connectivity index (χ1) is 11.5. The summed E-state index contributed by atoms with van der Waals surface area (Å²) in [7, 11) is 0. The minimum Gasteiger partial charge on any atom is -0.493 e. The number of hydrogen-bond acceptors (Lipinski definition) is 4. The predicted octanol–water partition coefficient (Wildman–Crippen LogP) is 3.03. The van der Waals surface area contributed by atoms with E-state index in [2.05, 4.69) is 10.2 Å². The van der Waals surface area contributed by atoms with Crippen LogP contribution in [0, 0.1) is 11.7 Å². The van der Waals surface area contributed by atoms with Crippen LogP contribution in [0.1, 0.15) is 19.8 Å². The lowest BCUT2D eigenvalue weighted by atomic mass is 9.97. The summed E-state index contributed by atoms with van der Waals surface area (Å²) in [6.45, 7) is 3.25. The molecule has 0 aliphatic carbocycles. The zero-order chi connectivity index (χ0) is 17.3. The first kappa shape index (κ1) is 16.9. The number of fused-ring (bicyclic) bond motifs is 1. The van der Waals surface area contributed by atoms with E-state index in [0.29, 0.717) is 31.0 Å². The number of alkyl halides is 2. The summed E-state index contributed by atoms with van der Waals surface area (Å²) in [6.07, 6.45) is -0.744. The second kappa shape index (κ2) is 6.88. The predicted molar refractivity (Wildman–Crippen MR) is 85.7 cm³/mol. The van der Waals surface area contributed by atoms with Gasteiger partial charge in [0, 0.05) is 12.1 Å². The number of nitrogens with two attached hydrogens (primary N) is 1. The molecule has 2 heterocycles. The van der Waals surface area contributed by atoms with Crippen molar-refractivity contribution in [3.63, 3.8) is 0 Å². The SMILES string of the molecule is CC(C(F)F)N1CCC(COc2cc(F)c3c(N)n[nH]c3c2)CC1. The van der Waals surface area contributed by atoms with E-state index in [4.69, 9.17) is 10.5 Å². The van der Waals surface area contributed by atoms with Crippen LogP contribution in [0.2, 0.25) is 0 Å². The van der Waals surface area contributed by atoms with Gasteiger partial charge in [0.15, 0.2) is 5.82 Å². The number of likely N-dealkylation sites (tertiary alicyclic amines) is 1. The lowest BCUT2D eigenvalue weighted by molar-refractivity contribution is 0.0133. The van der Waals surface area contributed by atoms with E-state index in [0.717, 1.165) is 12.8 Å². The van der Waals surface area contributed by atoms with E-state index < -0.39 is 18.3 Å². The number of ether oxygens (including phenoxy) is 1. The van der Waals surface area contributed by atoms with Crippen molar-refractivity contribution in [2.24, 2.45) is 5.92 Å². The number of hydrogen-bond donors (Lipinski definition) is 2. The van der Waals surface area contributed by atoms with Crippen molar-refractivity contribution in [1.82, 2.24) is 15.1 Å². The first-order valence-corrected chi connectivity index (χ1v) is 8.03. The van der Waals surface area contributed by atoms with Crippen LogP contribution < -0.4 is 10.5 Å². The maximum Gasteiger partial charge on any atom is 0.253 e. The molecule has 0 spiro atoms. The maximum absolute atomic E-state index is 14.0. The van der Waals surface area contributed by atoms with Crippen molar-refractivity contribution < 1.29 is 17.9 Å². The van der Waals surface area contributed by atoms with Crippen LogP contribution in [0.3, 0.4) is 0 Å². The molecule has 1 aromatic heterocycles. The van der Waals surface area contributed by atoms with Gasteiger partial charge in [0.2, 0.25) is 0 Å². The third-order valence-corrected chi connectivity index (χ3v) is 4.69. The normalized spacial score (nSPS) is 18.4. The topological polar surface area (TPSA) is 67.2 Å². The summed E-state index contributed by atoms with van der Waals surface area (Å²) >= 11 is 0. The largest absolute Gasteiger partial charge is 0.493 e. The summed E-state index contributed by atoms with van der Waals surface area (Å²) in [5.41, 5.74) is 6.08. The number of benzene rings is 1. The summed E-state index contributed by atoms with van der Waals surface area (Å²) in [4.78, 5) is 1.81. The maximum atomic E-state index is 14.0. The smallest absolute Gasteiger partial charge is 0.253 e. The Morgan fingerprint density at radius 3 is 2.75 bits per heavy atom. The van der Waals surface area contributed by atoms with Gasteiger partial charge in [-0.25, -0.2) is 13.2 Å². The van der Waals surface area contributed by atoms with Crippen LogP contribution >= 0.6 is 0 Å². The van der Waals surface area contributed by atoms with Gasteiger partial charge in [0.25, 0.3) is 6.43 Å². The number of aromatic nitrogens is 2. The summed E-state index contributed by atoms with van der Waals surface area (Å²) in [6, 6.07) is 2.24. The zero-order valence-electron chi connectivity index (χ0n) is 13.4. The number of halogens is 3. The molecule has 1 aliphatic rings. The van der Waals surface area contributed by atoms with Gasteiger partial charge in [-0.15, -0.1) is 0 Å². The van der Waals surface area contributed by atoms with Crippen LogP contribution in [0.15, 0.2) is 12.1 Å². The second-order valence-electron chi connectivity index (χ2n) is 6.30. The number of H-pyrrole nitrogens is 1. The number of nitrogens with one attached hydrogen (secondary N) is 1. The lowest BCUT2D eigenvalue weighted by Gasteiger charge is -2.35. The Labute approximate surface area is 137 Å². The van der Waals surface area contributed by atoms with Gasteiger partial charge in [-0.3, -0.25) is 10.00 Å². The average Bonchev–Trinajstić information content (AvgIpc) is 2.94. The zero-order valence-corrected chi connectivity index (χ0v) is 13.4. The highest BCUT2D eigenvalue weighted by atomic mass is 19.3. The van der Waals surface area contributed by atoms with E-state index in [9.17, 15) is 13.2 Å². The van der Waals surface area contributed by atoms with Crippen molar-refractivity contribution in [2.75, 3.05) is 25.4 Å². The van der Waals surface area contributed by atoms with Gasteiger partial charge in [-0.2, -0.15) is 5.10 Å². The molecule has 8 heteroatoms. The van der Waals surface area contributed by atoms with Crippen LogP contribution in [-0.4, -0.2) is 47.3 Å². The van der Waals surface area contributed by atoms with Crippen molar-refractivity contribution in [3.05, 3.63) is 17.9 Å². The highest BCUT2D eigenvalue weighted by molar-refractivity contribution is 5.90. The Balaban J connectivity index is 1.56. The van der Waals surface area contributed by atoms with Gasteiger partial charge in [0.05, 0.1) is 23.6 Å². The average molecular weight is 342 g/mol. The fraction of sp³-hybridized carbons (Fsp3) is 0.562. The summed E-state index contributed by atoms with van der Waals surface area (Å²) in [5.74, 6) is 0.327. The third-order valence-electron chi connectivity index (χ3n) is 4.69. The fourth-order valence-electron chi connectivity index (χ4n) is 3.09. The molecule has 5 nitrogen and oxygen atoms in total. The minimum atomic E-state index is -2.32. The number of rotatable bonds is 5. The Morgan fingerprint density at radius 2 is 2.08 bits per heavy atom. The van der Waals surface area contributed by atoms with E-state index in [1.165, 1.54) is 6.07 Å². The number of nitrogen functional groups attached to an aromatic ring is 1. The molecule has 1 aliphatic heterocycles. The minimum absolute atomic E-state index is 0.120. The molecule has 1 atom stereocenters. The highest BCUT2D eigenvalue weighted by Crippen LogP contribution is 2.28. The molecule has 0 radical (unpaired) electrons. The number of anilines is 1.